The Labute approximate surface area is 117 Å². The topological polar surface area (TPSA) is 12.9 Å². The van der Waals surface area contributed by atoms with Crippen LogP contribution in [-0.4, -0.2) is 4.98 Å². The second kappa shape index (κ2) is 4.99. The highest BCUT2D eigenvalue weighted by Crippen LogP contribution is 2.40. The summed E-state index contributed by atoms with van der Waals surface area (Å²) in [5.41, 5.74) is 0.815. The van der Waals surface area contributed by atoms with Crippen molar-refractivity contribution in [3.63, 3.8) is 0 Å². The summed E-state index contributed by atoms with van der Waals surface area (Å²) in [7, 11) is 0. The van der Waals surface area contributed by atoms with Crippen molar-refractivity contribution in [2.45, 2.75) is 0 Å². The Kier molecular flexibility index (Phi) is 3.79. The summed E-state index contributed by atoms with van der Waals surface area (Å²) in [5, 5.41) is 1.26. The smallest absolute Gasteiger partial charge is 0.213 e. The second-order valence-corrected chi connectivity index (χ2v) is 4.89. The highest BCUT2D eigenvalue weighted by atomic mass is 35.5. The van der Waals surface area contributed by atoms with Crippen LogP contribution in [0.3, 0.4) is 0 Å². The lowest BCUT2D eigenvalue weighted by Gasteiger charge is -2.09. The quantitative estimate of drug-likeness (QED) is 0.634. The van der Waals surface area contributed by atoms with Gasteiger partial charge in [0.2, 0.25) is 5.95 Å². The van der Waals surface area contributed by atoms with Crippen LogP contribution in [0.25, 0.3) is 11.1 Å². The molecule has 17 heavy (non-hydrogen) atoms. The Bertz CT molecular complexity index is 563. The average Bonchev–Trinajstić information content (AvgIpc) is 2.21. The van der Waals surface area contributed by atoms with E-state index >= 15 is 0 Å². The largest absolute Gasteiger partial charge is 0.227 e. The summed E-state index contributed by atoms with van der Waals surface area (Å²) in [6, 6.07) is 4.20. The number of hydrogen-bond acceptors (Lipinski definition) is 1. The molecule has 0 fully saturated rings. The number of rotatable bonds is 1. The van der Waals surface area contributed by atoms with Crippen LogP contribution >= 0.6 is 46.4 Å². The van der Waals surface area contributed by atoms with Crippen LogP contribution in [-0.2, 0) is 0 Å². The van der Waals surface area contributed by atoms with Gasteiger partial charge in [-0.15, -0.1) is 0 Å². The van der Waals surface area contributed by atoms with Gasteiger partial charge in [0.05, 0.1) is 15.1 Å². The molecule has 0 N–H and O–H groups in total. The number of benzene rings is 1. The fourth-order valence-electron chi connectivity index (χ4n) is 1.40. The van der Waals surface area contributed by atoms with E-state index in [1.807, 2.05) is 0 Å². The van der Waals surface area contributed by atoms with Crippen molar-refractivity contribution in [3.8, 4) is 11.1 Å². The first-order chi connectivity index (χ1) is 7.99. The zero-order valence-electron chi connectivity index (χ0n) is 8.15. The first kappa shape index (κ1) is 12.9. The summed E-state index contributed by atoms with van der Waals surface area (Å²) in [4.78, 5) is 3.43. The molecule has 0 saturated heterocycles. The van der Waals surface area contributed by atoms with Crippen LogP contribution in [0.5, 0.6) is 0 Å². The van der Waals surface area contributed by atoms with Crippen LogP contribution in [0, 0.1) is 5.95 Å². The average molecular weight is 311 g/mol. The Morgan fingerprint density at radius 2 is 1.47 bits per heavy atom. The zero-order chi connectivity index (χ0) is 12.6. The normalized spacial score (nSPS) is 10.6. The van der Waals surface area contributed by atoms with Gasteiger partial charge in [0.1, 0.15) is 0 Å². The summed E-state index contributed by atoms with van der Waals surface area (Å²) in [6.07, 6.45) is 1.20. The lowest BCUT2D eigenvalue weighted by Crippen LogP contribution is -1.88. The Hall–Kier alpha value is -0.540. The van der Waals surface area contributed by atoms with E-state index in [1.54, 1.807) is 0 Å². The molecule has 0 radical (unpaired) electrons. The third-order valence-corrected chi connectivity index (χ3v) is 3.21. The van der Waals surface area contributed by atoms with Crippen molar-refractivity contribution in [2.75, 3.05) is 0 Å². The van der Waals surface area contributed by atoms with Crippen molar-refractivity contribution >= 4 is 46.4 Å². The lowest BCUT2D eigenvalue weighted by atomic mass is 10.1. The molecule has 6 heteroatoms. The highest BCUT2D eigenvalue weighted by Gasteiger charge is 2.14. The molecule has 1 heterocycles. The van der Waals surface area contributed by atoms with Gasteiger partial charge < -0.3 is 0 Å². The molecule has 0 atom stereocenters. The third kappa shape index (κ3) is 2.66. The minimum atomic E-state index is -0.661. The van der Waals surface area contributed by atoms with Crippen molar-refractivity contribution in [3.05, 3.63) is 50.4 Å². The van der Waals surface area contributed by atoms with Gasteiger partial charge in [-0.3, -0.25) is 0 Å². The van der Waals surface area contributed by atoms with E-state index in [0.717, 1.165) is 0 Å². The maximum Gasteiger partial charge on any atom is 0.213 e. The predicted octanol–water partition coefficient (Wildman–Crippen LogP) is 5.50. The van der Waals surface area contributed by atoms with E-state index in [-0.39, 0.29) is 5.02 Å². The standard InChI is InChI=1S/C11H4Cl4FN/c12-5-1-7(13)11(8(14)2-5)6-3-10(16)17-4-9(6)15/h1-4H. The molecule has 2 rings (SSSR count). The molecule has 88 valence electrons. The van der Waals surface area contributed by atoms with Crippen molar-refractivity contribution in [1.82, 2.24) is 4.98 Å². The summed E-state index contributed by atoms with van der Waals surface area (Å²) in [5.74, 6) is -0.661. The fraction of sp³-hybridized carbons (Fsp3) is 0. The minimum Gasteiger partial charge on any atom is -0.227 e. The molecule has 0 aliphatic heterocycles. The molecule has 0 spiro atoms. The molecule has 2 aromatic rings. The fourth-order valence-corrected chi connectivity index (χ4v) is 2.62. The third-order valence-electron chi connectivity index (χ3n) is 2.10. The van der Waals surface area contributed by atoms with Crippen molar-refractivity contribution in [2.24, 2.45) is 0 Å². The Balaban J connectivity index is 2.72. The van der Waals surface area contributed by atoms with Gasteiger partial charge in [-0.1, -0.05) is 46.4 Å². The maximum atomic E-state index is 13.1. The van der Waals surface area contributed by atoms with Crippen molar-refractivity contribution in [1.29, 1.82) is 0 Å². The second-order valence-electron chi connectivity index (χ2n) is 3.23. The molecule has 1 aromatic heterocycles. The number of halogens is 5. The summed E-state index contributed by atoms with van der Waals surface area (Å²) >= 11 is 23.8. The molecule has 0 aliphatic carbocycles. The van der Waals surface area contributed by atoms with E-state index in [9.17, 15) is 4.39 Å². The van der Waals surface area contributed by atoms with E-state index in [2.05, 4.69) is 4.98 Å². The van der Waals surface area contributed by atoms with Crippen LogP contribution < -0.4 is 0 Å². The van der Waals surface area contributed by atoms with E-state index in [1.165, 1.54) is 24.4 Å². The minimum absolute atomic E-state index is 0.262. The number of pyridine rings is 1. The van der Waals surface area contributed by atoms with Crippen LogP contribution in [0.4, 0.5) is 4.39 Å². The molecule has 0 saturated carbocycles. The molecular formula is C11H4Cl4FN. The van der Waals surface area contributed by atoms with E-state index in [4.69, 9.17) is 46.4 Å². The van der Waals surface area contributed by atoms with Gasteiger partial charge in [-0.2, -0.15) is 4.39 Å². The molecule has 0 aliphatic rings. The van der Waals surface area contributed by atoms with Crippen LogP contribution in [0.15, 0.2) is 24.4 Å². The monoisotopic (exact) mass is 309 g/mol. The molecule has 0 bridgehead atoms. The zero-order valence-corrected chi connectivity index (χ0v) is 11.2. The number of nitrogens with zero attached hydrogens (tertiary/aromatic N) is 1. The van der Waals surface area contributed by atoms with Gasteiger partial charge in [-0.05, 0) is 12.1 Å². The van der Waals surface area contributed by atoms with Gasteiger partial charge in [0.25, 0.3) is 0 Å². The first-order valence-electron chi connectivity index (χ1n) is 4.45. The first-order valence-corrected chi connectivity index (χ1v) is 5.96. The van der Waals surface area contributed by atoms with Gasteiger partial charge >= 0.3 is 0 Å². The summed E-state index contributed by atoms with van der Waals surface area (Å²) < 4.78 is 13.1. The van der Waals surface area contributed by atoms with Gasteiger partial charge in [0, 0.05) is 28.4 Å². The predicted molar refractivity (Wildman–Crippen MR) is 69.7 cm³/mol. The van der Waals surface area contributed by atoms with Gasteiger partial charge in [0.15, 0.2) is 0 Å². The number of hydrogen-bond donors (Lipinski definition) is 0. The van der Waals surface area contributed by atoms with Crippen LogP contribution in [0.2, 0.25) is 20.1 Å². The van der Waals surface area contributed by atoms with Crippen molar-refractivity contribution < 1.29 is 4.39 Å². The molecule has 1 nitrogen and oxygen atoms in total. The highest BCUT2D eigenvalue weighted by molar-refractivity contribution is 6.43. The lowest BCUT2D eigenvalue weighted by molar-refractivity contribution is 0.584. The molecule has 0 unspecified atom stereocenters. The SMILES string of the molecule is Fc1cc(-c2c(Cl)cc(Cl)cc2Cl)c(Cl)cn1. The van der Waals surface area contributed by atoms with Crippen LogP contribution in [0.1, 0.15) is 0 Å². The van der Waals surface area contributed by atoms with Gasteiger partial charge in [-0.25, -0.2) is 4.98 Å². The Morgan fingerprint density at radius 1 is 0.882 bits per heavy atom. The molecule has 0 amide bonds. The van der Waals surface area contributed by atoms with E-state index < -0.39 is 5.95 Å². The molecular weight excluding hydrogens is 307 g/mol. The molecule has 1 aromatic carbocycles. The Morgan fingerprint density at radius 3 is 2.06 bits per heavy atom. The number of aromatic nitrogens is 1. The van der Waals surface area contributed by atoms with E-state index in [0.29, 0.717) is 26.2 Å². The maximum absolute atomic E-state index is 13.1. The summed E-state index contributed by atoms with van der Waals surface area (Å²) in [6.45, 7) is 0.